The van der Waals surface area contributed by atoms with E-state index in [9.17, 15) is 4.79 Å². The number of carbonyl (C=O) groups excluding carboxylic acids is 1. The lowest BCUT2D eigenvalue weighted by Gasteiger charge is -2.33. The lowest BCUT2D eigenvalue weighted by molar-refractivity contribution is 0.0764. The van der Waals surface area contributed by atoms with Crippen LogP contribution in [0.4, 0.5) is 5.69 Å². The Morgan fingerprint density at radius 3 is 2.76 bits per heavy atom. The zero-order valence-corrected chi connectivity index (χ0v) is 15.2. The van der Waals surface area contributed by atoms with E-state index in [0.717, 1.165) is 64.5 Å². The van der Waals surface area contributed by atoms with E-state index >= 15 is 0 Å². The Morgan fingerprint density at radius 1 is 1.20 bits per heavy atom. The van der Waals surface area contributed by atoms with Gasteiger partial charge in [-0.1, -0.05) is 0 Å². The largest absolute Gasteiger partial charge is 0.378 e. The molecule has 3 saturated heterocycles. The van der Waals surface area contributed by atoms with E-state index in [1.807, 2.05) is 6.07 Å². The molecule has 1 aromatic rings. The van der Waals surface area contributed by atoms with Gasteiger partial charge in [0.05, 0.1) is 13.2 Å². The van der Waals surface area contributed by atoms with Crippen molar-refractivity contribution in [2.24, 2.45) is 5.41 Å². The summed E-state index contributed by atoms with van der Waals surface area (Å²) in [5.41, 5.74) is 3.56. The first-order valence-electron chi connectivity index (χ1n) is 9.60. The maximum Gasteiger partial charge on any atom is 0.253 e. The van der Waals surface area contributed by atoms with E-state index in [-0.39, 0.29) is 5.91 Å². The molecule has 0 aromatic heterocycles. The summed E-state index contributed by atoms with van der Waals surface area (Å²) < 4.78 is 5.44. The molecule has 3 fully saturated rings. The van der Waals surface area contributed by atoms with Gasteiger partial charge in [0.2, 0.25) is 0 Å². The quantitative estimate of drug-likeness (QED) is 0.893. The van der Waals surface area contributed by atoms with Gasteiger partial charge in [-0.25, -0.2) is 0 Å². The molecular formula is C20H29N3O2. The Bertz CT molecular complexity index is 634. The van der Waals surface area contributed by atoms with Crippen LogP contribution >= 0.6 is 0 Å². The molecule has 5 nitrogen and oxygen atoms in total. The maximum absolute atomic E-state index is 13.0. The molecule has 3 aliphatic heterocycles. The monoisotopic (exact) mass is 343 g/mol. The number of ether oxygens (including phenoxy) is 1. The zero-order valence-electron chi connectivity index (χ0n) is 15.2. The summed E-state index contributed by atoms with van der Waals surface area (Å²) in [7, 11) is 0. The van der Waals surface area contributed by atoms with Crippen molar-refractivity contribution in [3.05, 3.63) is 29.3 Å². The van der Waals surface area contributed by atoms with Crippen LogP contribution in [0, 0.1) is 12.3 Å². The molecule has 0 bridgehead atoms. The van der Waals surface area contributed by atoms with Gasteiger partial charge in [-0.2, -0.15) is 0 Å². The second-order valence-electron chi connectivity index (χ2n) is 7.86. The van der Waals surface area contributed by atoms with Gasteiger partial charge in [0.1, 0.15) is 0 Å². The molecule has 25 heavy (non-hydrogen) atoms. The number of benzene rings is 1. The van der Waals surface area contributed by atoms with Gasteiger partial charge in [-0.15, -0.1) is 0 Å². The summed E-state index contributed by atoms with van der Waals surface area (Å²) in [6.07, 6.45) is 3.62. The SMILES string of the molecule is Cc1cc(C(=O)N2CC[C@]3(CCCNC3)C2)ccc1N1CCOCC1. The number of aryl methyl sites for hydroxylation is 1. The van der Waals surface area contributed by atoms with Gasteiger partial charge in [-0.3, -0.25) is 4.79 Å². The highest BCUT2D eigenvalue weighted by atomic mass is 16.5. The summed E-state index contributed by atoms with van der Waals surface area (Å²) >= 11 is 0. The fourth-order valence-electron chi connectivity index (χ4n) is 4.62. The first kappa shape index (κ1) is 16.9. The number of anilines is 1. The molecule has 1 N–H and O–H groups in total. The van der Waals surface area contributed by atoms with Crippen LogP contribution in [-0.4, -0.2) is 63.3 Å². The van der Waals surface area contributed by atoms with E-state index in [4.69, 9.17) is 4.74 Å². The molecule has 3 heterocycles. The minimum atomic E-state index is 0.194. The van der Waals surface area contributed by atoms with Gasteiger partial charge in [0, 0.05) is 49.4 Å². The number of amides is 1. The number of morpholine rings is 1. The number of rotatable bonds is 2. The maximum atomic E-state index is 13.0. The van der Waals surface area contributed by atoms with Crippen LogP contribution in [0.15, 0.2) is 18.2 Å². The van der Waals surface area contributed by atoms with Crippen LogP contribution in [0.5, 0.6) is 0 Å². The summed E-state index contributed by atoms with van der Waals surface area (Å²) in [5, 5.41) is 3.52. The molecule has 0 aliphatic carbocycles. The molecule has 136 valence electrons. The Hall–Kier alpha value is -1.59. The highest BCUT2D eigenvalue weighted by Crippen LogP contribution is 2.37. The smallest absolute Gasteiger partial charge is 0.253 e. The van der Waals surface area contributed by atoms with Gasteiger partial charge in [-0.05, 0) is 56.5 Å². The molecule has 1 amide bonds. The Balaban J connectivity index is 1.46. The van der Waals surface area contributed by atoms with Crippen LogP contribution < -0.4 is 10.2 Å². The Kier molecular flexibility index (Phi) is 4.69. The van der Waals surface area contributed by atoms with E-state index in [1.165, 1.54) is 24.1 Å². The number of carbonyl (C=O) groups is 1. The molecule has 1 spiro atoms. The number of likely N-dealkylation sites (tertiary alicyclic amines) is 1. The average Bonchev–Trinajstić information content (AvgIpc) is 3.05. The fraction of sp³-hybridized carbons (Fsp3) is 0.650. The van der Waals surface area contributed by atoms with E-state index < -0.39 is 0 Å². The van der Waals surface area contributed by atoms with E-state index in [2.05, 4.69) is 34.2 Å². The molecule has 0 unspecified atom stereocenters. The minimum absolute atomic E-state index is 0.194. The first-order chi connectivity index (χ1) is 12.2. The second-order valence-corrected chi connectivity index (χ2v) is 7.86. The molecule has 0 radical (unpaired) electrons. The topological polar surface area (TPSA) is 44.8 Å². The normalized spacial score (nSPS) is 27.1. The minimum Gasteiger partial charge on any atom is -0.378 e. The Labute approximate surface area is 150 Å². The van der Waals surface area contributed by atoms with Crippen molar-refractivity contribution in [1.29, 1.82) is 0 Å². The molecular weight excluding hydrogens is 314 g/mol. The highest BCUT2D eigenvalue weighted by molar-refractivity contribution is 5.95. The first-order valence-corrected chi connectivity index (χ1v) is 9.60. The van der Waals surface area contributed by atoms with Crippen LogP contribution in [0.1, 0.15) is 35.2 Å². The highest BCUT2D eigenvalue weighted by Gasteiger charge is 2.40. The molecule has 3 aliphatic rings. The number of nitrogens with one attached hydrogen (secondary N) is 1. The van der Waals surface area contributed by atoms with Gasteiger partial charge in [0.15, 0.2) is 0 Å². The summed E-state index contributed by atoms with van der Waals surface area (Å²) in [6.45, 7) is 9.51. The van der Waals surface area contributed by atoms with Gasteiger partial charge >= 0.3 is 0 Å². The molecule has 0 saturated carbocycles. The van der Waals surface area contributed by atoms with E-state index in [1.54, 1.807) is 0 Å². The molecule has 5 heteroatoms. The fourth-order valence-corrected chi connectivity index (χ4v) is 4.62. The van der Waals surface area contributed by atoms with Crippen molar-refractivity contribution >= 4 is 11.6 Å². The van der Waals surface area contributed by atoms with Gasteiger partial charge in [0.25, 0.3) is 5.91 Å². The molecule has 1 atom stereocenters. The molecule has 4 rings (SSSR count). The summed E-state index contributed by atoms with van der Waals surface area (Å²) in [6, 6.07) is 6.18. The van der Waals surface area contributed by atoms with Crippen molar-refractivity contribution in [1.82, 2.24) is 10.2 Å². The van der Waals surface area contributed by atoms with Crippen molar-refractivity contribution in [3.63, 3.8) is 0 Å². The number of hydrogen-bond acceptors (Lipinski definition) is 4. The van der Waals surface area contributed by atoms with Crippen LogP contribution in [0.2, 0.25) is 0 Å². The third-order valence-electron chi connectivity index (χ3n) is 6.08. The van der Waals surface area contributed by atoms with Crippen molar-refractivity contribution in [2.45, 2.75) is 26.2 Å². The van der Waals surface area contributed by atoms with Crippen LogP contribution in [-0.2, 0) is 4.74 Å². The molecule has 1 aromatic carbocycles. The summed E-state index contributed by atoms with van der Waals surface area (Å²) in [4.78, 5) is 17.4. The van der Waals surface area contributed by atoms with E-state index in [0.29, 0.717) is 5.41 Å². The van der Waals surface area contributed by atoms with Crippen molar-refractivity contribution in [2.75, 3.05) is 57.4 Å². The van der Waals surface area contributed by atoms with Crippen molar-refractivity contribution in [3.8, 4) is 0 Å². The average molecular weight is 343 g/mol. The standard InChI is InChI=1S/C20H29N3O2/c1-16-13-17(3-4-18(16)22-9-11-25-12-10-22)19(24)23-8-6-20(15-23)5-2-7-21-14-20/h3-4,13,21H,2,5-12,14-15H2,1H3/t20-/m0/s1. The Morgan fingerprint density at radius 2 is 2.04 bits per heavy atom. The third-order valence-corrected chi connectivity index (χ3v) is 6.08. The summed E-state index contributed by atoms with van der Waals surface area (Å²) in [5.74, 6) is 0.194. The van der Waals surface area contributed by atoms with Crippen LogP contribution in [0.25, 0.3) is 0 Å². The zero-order chi connectivity index (χ0) is 17.3. The predicted molar refractivity (Wildman–Crippen MR) is 99.3 cm³/mol. The number of hydrogen-bond donors (Lipinski definition) is 1. The predicted octanol–water partition coefficient (Wildman–Crippen LogP) is 2.05. The third kappa shape index (κ3) is 3.40. The van der Waals surface area contributed by atoms with Crippen molar-refractivity contribution < 1.29 is 9.53 Å². The lowest BCUT2D eigenvalue weighted by atomic mass is 9.80. The number of nitrogens with zero attached hydrogens (tertiary/aromatic N) is 2. The van der Waals surface area contributed by atoms with Crippen LogP contribution in [0.3, 0.4) is 0 Å². The number of piperidine rings is 1. The van der Waals surface area contributed by atoms with Gasteiger partial charge < -0.3 is 19.9 Å². The second kappa shape index (κ2) is 6.96. The lowest BCUT2D eigenvalue weighted by Crippen LogP contribution is -2.42.